The second-order valence-corrected chi connectivity index (χ2v) is 8.82. The van der Waals surface area contributed by atoms with Crippen molar-refractivity contribution in [3.8, 4) is 16.5 Å². The Hall–Kier alpha value is -1.75. The number of anilines is 1. The number of thiophene rings is 1. The number of nitrogens with zero attached hydrogens (tertiary/aromatic N) is 2. The number of nitriles is 1. The van der Waals surface area contributed by atoms with Gasteiger partial charge in [-0.3, -0.25) is 4.79 Å². The van der Waals surface area contributed by atoms with E-state index in [9.17, 15) is 10.1 Å². The summed E-state index contributed by atoms with van der Waals surface area (Å²) >= 11 is 20.8. The Morgan fingerprint density at radius 1 is 1.29 bits per heavy atom. The quantitative estimate of drug-likeness (QED) is 0.424. The number of nitrogens with one attached hydrogen (secondary N) is 1. The Balaban J connectivity index is 1.80. The first-order valence-corrected chi connectivity index (χ1v) is 10.9. The largest absolute Gasteiger partial charge is 0.323 e. The van der Waals surface area contributed by atoms with Gasteiger partial charge >= 0.3 is 0 Å². The summed E-state index contributed by atoms with van der Waals surface area (Å²) in [6.07, 6.45) is 0. The van der Waals surface area contributed by atoms with Crippen molar-refractivity contribution >= 4 is 69.5 Å². The zero-order valence-electron chi connectivity index (χ0n) is 14.4. The van der Waals surface area contributed by atoms with Gasteiger partial charge in [-0.1, -0.05) is 52.6 Å². The predicted octanol–water partition coefficient (Wildman–Crippen LogP) is 6.68. The van der Waals surface area contributed by atoms with Crippen molar-refractivity contribution in [3.05, 3.63) is 62.0 Å². The molecular weight excluding hydrogens is 457 g/mol. The first-order valence-electron chi connectivity index (χ1n) is 7.92. The van der Waals surface area contributed by atoms with E-state index in [-0.39, 0.29) is 21.7 Å². The maximum atomic E-state index is 12.4. The van der Waals surface area contributed by atoms with E-state index in [4.69, 9.17) is 34.8 Å². The number of aryl methyl sites for hydroxylation is 1. The fourth-order valence-corrected chi connectivity index (χ4v) is 4.96. The summed E-state index contributed by atoms with van der Waals surface area (Å²) in [7, 11) is 0. The Morgan fingerprint density at radius 2 is 2.00 bits per heavy atom. The molecule has 3 aromatic rings. The number of carbonyl (C=O) groups excluding carboxylic acids is 1. The van der Waals surface area contributed by atoms with Crippen LogP contribution in [0.25, 0.3) is 10.4 Å². The minimum Gasteiger partial charge on any atom is -0.323 e. The standard InChI is InChI=1S/C19H12Cl3N3OS2/c1-10-5-12(16-3-2-4-27-16)13(8-23)19(24-10)28-9-17(26)25-18-14(21)6-11(20)7-15(18)22/h2-7H,9H2,1H3,(H,25,26). The minimum absolute atomic E-state index is 0.0459. The molecule has 0 aliphatic heterocycles. The molecule has 0 aliphatic carbocycles. The SMILES string of the molecule is Cc1cc(-c2cccs2)c(C#N)c(SCC(=O)Nc2c(Cl)cc(Cl)cc2Cl)n1. The lowest BCUT2D eigenvalue weighted by atomic mass is 10.1. The van der Waals surface area contributed by atoms with Gasteiger partial charge in [0.1, 0.15) is 11.1 Å². The van der Waals surface area contributed by atoms with Gasteiger partial charge in [0.15, 0.2) is 0 Å². The highest BCUT2D eigenvalue weighted by Crippen LogP contribution is 2.35. The Bertz CT molecular complexity index is 1060. The summed E-state index contributed by atoms with van der Waals surface area (Å²) in [6.45, 7) is 1.86. The average molecular weight is 469 g/mol. The molecule has 1 aromatic carbocycles. The first kappa shape index (κ1) is 21.0. The number of halogens is 3. The molecule has 142 valence electrons. The molecule has 9 heteroatoms. The van der Waals surface area contributed by atoms with Crippen LogP contribution in [0.1, 0.15) is 11.3 Å². The highest BCUT2D eigenvalue weighted by atomic mass is 35.5. The number of carbonyl (C=O) groups is 1. The number of hydrogen-bond acceptors (Lipinski definition) is 5. The van der Waals surface area contributed by atoms with Gasteiger partial charge in [0.2, 0.25) is 5.91 Å². The van der Waals surface area contributed by atoms with E-state index in [0.29, 0.717) is 21.3 Å². The van der Waals surface area contributed by atoms with Crippen LogP contribution in [0.15, 0.2) is 40.7 Å². The van der Waals surface area contributed by atoms with E-state index in [1.54, 1.807) is 11.3 Å². The van der Waals surface area contributed by atoms with E-state index in [1.807, 2.05) is 30.5 Å². The zero-order valence-corrected chi connectivity index (χ0v) is 18.3. The molecule has 0 unspecified atom stereocenters. The summed E-state index contributed by atoms with van der Waals surface area (Å²) < 4.78 is 0. The molecular formula is C19H12Cl3N3OS2. The second-order valence-electron chi connectivity index (χ2n) is 5.66. The van der Waals surface area contributed by atoms with Crippen molar-refractivity contribution in [2.75, 3.05) is 11.1 Å². The number of benzene rings is 1. The molecule has 4 nitrogen and oxygen atoms in total. The van der Waals surface area contributed by atoms with Crippen LogP contribution in [-0.2, 0) is 4.79 Å². The third kappa shape index (κ3) is 4.80. The van der Waals surface area contributed by atoms with Gasteiger partial charge in [-0.2, -0.15) is 5.26 Å². The van der Waals surface area contributed by atoms with E-state index >= 15 is 0 Å². The van der Waals surface area contributed by atoms with E-state index in [0.717, 1.165) is 16.1 Å². The lowest BCUT2D eigenvalue weighted by Gasteiger charge is -2.11. The molecule has 0 radical (unpaired) electrons. The lowest BCUT2D eigenvalue weighted by Crippen LogP contribution is -2.15. The van der Waals surface area contributed by atoms with Crippen LogP contribution in [0.3, 0.4) is 0 Å². The van der Waals surface area contributed by atoms with E-state index < -0.39 is 0 Å². The molecule has 0 atom stereocenters. The van der Waals surface area contributed by atoms with Gasteiger partial charge in [0.25, 0.3) is 0 Å². The van der Waals surface area contributed by atoms with Crippen molar-refractivity contribution in [1.29, 1.82) is 5.26 Å². The fraction of sp³-hybridized carbons (Fsp3) is 0.105. The number of thioether (sulfide) groups is 1. The van der Waals surface area contributed by atoms with Crippen molar-refractivity contribution in [1.82, 2.24) is 4.98 Å². The molecule has 0 bridgehead atoms. The number of aromatic nitrogens is 1. The molecule has 0 saturated carbocycles. The van der Waals surface area contributed by atoms with Crippen molar-refractivity contribution in [3.63, 3.8) is 0 Å². The highest BCUT2D eigenvalue weighted by Gasteiger charge is 2.17. The highest BCUT2D eigenvalue weighted by molar-refractivity contribution is 8.00. The number of amides is 1. The summed E-state index contributed by atoms with van der Waals surface area (Å²) in [5, 5.41) is 15.7. The first-order chi connectivity index (χ1) is 13.4. The normalized spacial score (nSPS) is 10.5. The molecule has 0 fully saturated rings. The lowest BCUT2D eigenvalue weighted by molar-refractivity contribution is -0.113. The van der Waals surface area contributed by atoms with Gasteiger partial charge in [0.05, 0.1) is 27.0 Å². The zero-order chi connectivity index (χ0) is 20.3. The maximum Gasteiger partial charge on any atom is 0.234 e. The summed E-state index contributed by atoms with van der Waals surface area (Å²) in [5.74, 6) is -0.273. The van der Waals surface area contributed by atoms with E-state index in [2.05, 4.69) is 16.4 Å². The predicted molar refractivity (Wildman–Crippen MR) is 118 cm³/mol. The van der Waals surface area contributed by atoms with Gasteiger partial charge < -0.3 is 5.32 Å². The van der Waals surface area contributed by atoms with Gasteiger partial charge in [-0.05, 0) is 36.6 Å². The topological polar surface area (TPSA) is 65.8 Å². The number of rotatable bonds is 5. The van der Waals surface area contributed by atoms with Crippen LogP contribution in [0, 0.1) is 18.3 Å². The van der Waals surface area contributed by atoms with Gasteiger partial charge in [-0.25, -0.2) is 4.98 Å². The minimum atomic E-state index is -0.319. The molecule has 0 saturated heterocycles. The molecule has 0 aliphatic rings. The summed E-state index contributed by atoms with van der Waals surface area (Å²) in [5.41, 5.74) is 2.34. The summed E-state index contributed by atoms with van der Waals surface area (Å²) in [4.78, 5) is 17.8. The molecule has 0 spiro atoms. The Morgan fingerprint density at radius 3 is 2.61 bits per heavy atom. The van der Waals surface area contributed by atoms with Crippen LogP contribution >= 0.6 is 57.9 Å². The molecule has 1 amide bonds. The van der Waals surface area contributed by atoms with Gasteiger partial charge in [0, 0.05) is 21.2 Å². The third-order valence-electron chi connectivity index (χ3n) is 3.62. The van der Waals surface area contributed by atoms with Crippen LogP contribution in [0.5, 0.6) is 0 Å². The van der Waals surface area contributed by atoms with E-state index in [1.165, 1.54) is 23.9 Å². The van der Waals surface area contributed by atoms with Crippen LogP contribution in [0.2, 0.25) is 15.1 Å². The second kappa shape index (κ2) is 9.17. The smallest absolute Gasteiger partial charge is 0.234 e. The summed E-state index contributed by atoms with van der Waals surface area (Å²) in [6, 6.07) is 11.0. The van der Waals surface area contributed by atoms with Crippen LogP contribution in [0.4, 0.5) is 5.69 Å². The van der Waals surface area contributed by atoms with Crippen molar-refractivity contribution in [2.45, 2.75) is 11.9 Å². The van der Waals surface area contributed by atoms with Crippen molar-refractivity contribution in [2.24, 2.45) is 0 Å². The molecule has 28 heavy (non-hydrogen) atoms. The van der Waals surface area contributed by atoms with Gasteiger partial charge in [-0.15, -0.1) is 11.3 Å². The Kier molecular flexibility index (Phi) is 6.86. The number of pyridine rings is 1. The molecule has 2 aromatic heterocycles. The molecule has 2 heterocycles. The maximum absolute atomic E-state index is 12.4. The third-order valence-corrected chi connectivity index (χ3v) is 6.32. The average Bonchev–Trinajstić information content (AvgIpc) is 3.17. The molecule has 1 N–H and O–H groups in total. The monoisotopic (exact) mass is 467 g/mol. The van der Waals surface area contributed by atoms with Crippen LogP contribution < -0.4 is 5.32 Å². The Labute approximate surface area is 185 Å². The molecule has 3 rings (SSSR count). The fourth-order valence-electron chi connectivity index (χ4n) is 2.45. The number of hydrogen-bond donors (Lipinski definition) is 1. The van der Waals surface area contributed by atoms with Crippen LogP contribution in [-0.4, -0.2) is 16.6 Å². The van der Waals surface area contributed by atoms with Crippen molar-refractivity contribution < 1.29 is 4.79 Å².